The SMILES string of the molecule is CC[C@H](NC(=O)COc1cccc(C(N)=O)c1)c1ncc(-c2ccccc2)[nH]1. The van der Waals surface area contributed by atoms with E-state index < -0.39 is 5.91 Å². The minimum absolute atomic E-state index is 0.176. The van der Waals surface area contributed by atoms with Gasteiger partial charge in [-0.3, -0.25) is 9.59 Å². The van der Waals surface area contributed by atoms with Crippen LogP contribution in [0.5, 0.6) is 5.75 Å². The van der Waals surface area contributed by atoms with Gasteiger partial charge in [0.2, 0.25) is 5.91 Å². The van der Waals surface area contributed by atoms with Crippen molar-refractivity contribution in [3.63, 3.8) is 0 Å². The van der Waals surface area contributed by atoms with Crippen LogP contribution in [0.1, 0.15) is 35.6 Å². The van der Waals surface area contributed by atoms with Crippen molar-refractivity contribution in [3.8, 4) is 17.0 Å². The fourth-order valence-electron chi connectivity index (χ4n) is 2.77. The van der Waals surface area contributed by atoms with Crippen LogP contribution in [-0.4, -0.2) is 28.4 Å². The molecule has 0 bridgehead atoms. The zero-order valence-corrected chi connectivity index (χ0v) is 15.5. The second-order valence-corrected chi connectivity index (χ2v) is 6.26. The molecule has 7 nitrogen and oxygen atoms in total. The number of carbonyl (C=O) groups excluding carboxylic acids is 2. The number of carbonyl (C=O) groups is 2. The van der Waals surface area contributed by atoms with Crippen LogP contribution in [0.25, 0.3) is 11.3 Å². The van der Waals surface area contributed by atoms with Gasteiger partial charge in [0, 0.05) is 5.56 Å². The smallest absolute Gasteiger partial charge is 0.258 e. The molecule has 7 heteroatoms. The summed E-state index contributed by atoms with van der Waals surface area (Å²) in [5.74, 6) is 0.260. The molecular formula is C21H22N4O3. The number of benzene rings is 2. The van der Waals surface area contributed by atoms with Crippen molar-refractivity contribution >= 4 is 11.8 Å². The molecule has 4 N–H and O–H groups in total. The lowest BCUT2D eigenvalue weighted by Crippen LogP contribution is -2.33. The Morgan fingerprint density at radius 2 is 1.96 bits per heavy atom. The minimum atomic E-state index is -0.548. The number of nitrogens with one attached hydrogen (secondary N) is 2. The van der Waals surface area contributed by atoms with Gasteiger partial charge in [-0.2, -0.15) is 0 Å². The number of nitrogens with two attached hydrogens (primary N) is 1. The van der Waals surface area contributed by atoms with Gasteiger partial charge in [-0.05, 0) is 30.2 Å². The molecule has 0 aliphatic heterocycles. The number of primary amides is 1. The van der Waals surface area contributed by atoms with Gasteiger partial charge >= 0.3 is 0 Å². The predicted octanol–water partition coefficient (Wildman–Crippen LogP) is 2.82. The molecule has 2 aromatic carbocycles. The van der Waals surface area contributed by atoms with Crippen molar-refractivity contribution in [3.05, 3.63) is 72.2 Å². The number of nitrogens with zero attached hydrogens (tertiary/aromatic N) is 1. The van der Waals surface area contributed by atoms with Gasteiger partial charge < -0.3 is 20.8 Å². The summed E-state index contributed by atoms with van der Waals surface area (Å²) in [5.41, 5.74) is 7.49. The van der Waals surface area contributed by atoms with Crippen LogP contribution < -0.4 is 15.8 Å². The van der Waals surface area contributed by atoms with Gasteiger partial charge in [0.05, 0.1) is 17.9 Å². The first-order valence-corrected chi connectivity index (χ1v) is 8.99. The van der Waals surface area contributed by atoms with E-state index in [4.69, 9.17) is 10.5 Å². The summed E-state index contributed by atoms with van der Waals surface area (Å²) < 4.78 is 5.46. The maximum Gasteiger partial charge on any atom is 0.258 e. The van der Waals surface area contributed by atoms with Gasteiger partial charge in [0.1, 0.15) is 11.6 Å². The van der Waals surface area contributed by atoms with Gasteiger partial charge in [-0.15, -0.1) is 0 Å². The highest BCUT2D eigenvalue weighted by Crippen LogP contribution is 2.20. The number of amides is 2. The zero-order valence-electron chi connectivity index (χ0n) is 15.5. The van der Waals surface area contributed by atoms with Crippen molar-refractivity contribution in [2.24, 2.45) is 5.73 Å². The summed E-state index contributed by atoms with van der Waals surface area (Å²) in [7, 11) is 0. The second kappa shape index (κ2) is 8.85. The number of hydrogen-bond acceptors (Lipinski definition) is 4. The predicted molar refractivity (Wildman–Crippen MR) is 106 cm³/mol. The number of rotatable bonds is 8. The first kappa shape index (κ1) is 19.2. The van der Waals surface area contributed by atoms with Crippen LogP contribution in [0.4, 0.5) is 0 Å². The number of H-pyrrole nitrogens is 1. The molecule has 2 amide bonds. The Kier molecular flexibility index (Phi) is 6.06. The Morgan fingerprint density at radius 3 is 2.68 bits per heavy atom. The summed E-state index contributed by atoms with van der Waals surface area (Å²) in [6.45, 7) is 1.79. The molecule has 144 valence electrons. The van der Waals surface area contributed by atoms with Gasteiger partial charge in [0.15, 0.2) is 6.61 Å². The summed E-state index contributed by atoms with van der Waals surface area (Å²) >= 11 is 0. The monoisotopic (exact) mass is 378 g/mol. The van der Waals surface area contributed by atoms with E-state index in [0.717, 1.165) is 11.3 Å². The van der Waals surface area contributed by atoms with Crippen molar-refractivity contribution in [2.45, 2.75) is 19.4 Å². The van der Waals surface area contributed by atoms with E-state index >= 15 is 0 Å². The van der Waals surface area contributed by atoms with Crippen molar-refractivity contribution in [1.29, 1.82) is 0 Å². The van der Waals surface area contributed by atoms with E-state index in [2.05, 4.69) is 15.3 Å². The zero-order chi connectivity index (χ0) is 19.9. The molecular weight excluding hydrogens is 356 g/mol. The summed E-state index contributed by atoms with van der Waals surface area (Å²) in [6, 6.07) is 16.0. The maximum absolute atomic E-state index is 12.3. The van der Waals surface area contributed by atoms with E-state index in [-0.39, 0.29) is 18.6 Å². The van der Waals surface area contributed by atoms with Gasteiger partial charge in [0.25, 0.3) is 5.91 Å². The lowest BCUT2D eigenvalue weighted by Gasteiger charge is -2.15. The second-order valence-electron chi connectivity index (χ2n) is 6.26. The van der Waals surface area contributed by atoms with Crippen LogP contribution in [-0.2, 0) is 4.79 Å². The highest BCUT2D eigenvalue weighted by atomic mass is 16.5. The van der Waals surface area contributed by atoms with Crippen molar-refractivity contribution in [1.82, 2.24) is 15.3 Å². The van der Waals surface area contributed by atoms with E-state index in [1.54, 1.807) is 24.4 Å². The Morgan fingerprint density at radius 1 is 1.18 bits per heavy atom. The Balaban J connectivity index is 1.60. The standard InChI is InChI=1S/C21H22N4O3/c1-2-17(21-23-12-18(25-21)14-7-4-3-5-8-14)24-19(26)13-28-16-10-6-9-15(11-16)20(22)27/h3-12,17H,2,13H2,1H3,(H2,22,27)(H,23,25)(H,24,26)/t17-/m0/s1. The fourth-order valence-corrected chi connectivity index (χ4v) is 2.77. The van der Waals surface area contributed by atoms with Gasteiger partial charge in [-0.1, -0.05) is 43.3 Å². The third-order valence-electron chi connectivity index (χ3n) is 4.24. The maximum atomic E-state index is 12.3. The molecule has 0 radical (unpaired) electrons. The average Bonchev–Trinajstić information content (AvgIpc) is 3.21. The highest BCUT2D eigenvalue weighted by molar-refractivity contribution is 5.93. The lowest BCUT2D eigenvalue weighted by molar-refractivity contribution is -0.123. The molecule has 0 unspecified atom stereocenters. The number of hydrogen-bond donors (Lipinski definition) is 3. The first-order valence-electron chi connectivity index (χ1n) is 8.99. The summed E-state index contributed by atoms with van der Waals surface area (Å²) in [6.07, 6.45) is 2.43. The van der Waals surface area contributed by atoms with E-state index in [1.165, 1.54) is 6.07 Å². The molecule has 0 aliphatic carbocycles. The Labute approximate surface area is 162 Å². The van der Waals surface area contributed by atoms with Crippen molar-refractivity contribution in [2.75, 3.05) is 6.61 Å². The molecule has 0 aliphatic rings. The minimum Gasteiger partial charge on any atom is -0.484 e. The largest absolute Gasteiger partial charge is 0.484 e. The average molecular weight is 378 g/mol. The normalized spacial score (nSPS) is 11.6. The Hall–Kier alpha value is -3.61. The van der Waals surface area contributed by atoms with Crippen LogP contribution in [0, 0.1) is 0 Å². The molecule has 3 aromatic rings. The van der Waals surface area contributed by atoms with E-state index in [1.807, 2.05) is 37.3 Å². The summed E-state index contributed by atoms with van der Waals surface area (Å²) in [4.78, 5) is 31.2. The molecule has 0 spiro atoms. The summed E-state index contributed by atoms with van der Waals surface area (Å²) in [5, 5.41) is 2.91. The molecule has 1 atom stereocenters. The number of imidazole rings is 1. The quantitative estimate of drug-likeness (QED) is 0.560. The molecule has 0 fully saturated rings. The van der Waals surface area contributed by atoms with Crippen LogP contribution in [0.15, 0.2) is 60.8 Å². The molecule has 0 saturated heterocycles. The number of aromatic nitrogens is 2. The molecule has 3 rings (SSSR count). The Bertz CT molecular complexity index is 953. The molecule has 1 aromatic heterocycles. The van der Waals surface area contributed by atoms with E-state index in [0.29, 0.717) is 23.6 Å². The highest BCUT2D eigenvalue weighted by Gasteiger charge is 2.17. The molecule has 1 heterocycles. The third kappa shape index (κ3) is 4.76. The number of aromatic amines is 1. The van der Waals surface area contributed by atoms with Crippen molar-refractivity contribution < 1.29 is 14.3 Å². The third-order valence-corrected chi connectivity index (χ3v) is 4.24. The lowest BCUT2D eigenvalue weighted by atomic mass is 10.2. The molecule has 28 heavy (non-hydrogen) atoms. The topological polar surface area (TPSA) is 110 Å². The first-order chi connectivity index (χ1) is 13.6. The fraction of sp³-hybridized carbons (Fsp3) is 0.190. The van der Waals surface area contributed by atoms with Crippen LogP contribution in [0.2, 0.25) is 0 Å². The molecule has 0 saturated carbocycles. The van der Waals surface area contributed by atoms with Crippen LogP contribution >= 0.6 is 0 Å². The van der Waals surface area contributed by atoms with Crippen LogP contribution in [0.3, 0.4) is 0 Å². The van der Waals surface area contributed by atoms with Gasteiger partial charge in [-0.25, -0.2) is 4.98 Å². The number of ether oxygens (including phenoxy) is 1. The van der Waals surface area contributed by atoms with E-state index in [9.17, 15) is 9.59 Å².